The first-order valence-corrected chi connectivity index (χ1v) is 8.49. The number of benzene rings is 1. The molecule has 3 nitrogen and oxygen atoms in total. The number of hydrogen-bond acceptors (Lipinski definition) is 3. The molecular formula is C16H17ClN2OS. The average molecular weight is 321 g/mol. The summed E-state index contributed by atoms with van der Waals surface area (Å²) in [7, 11) is 0. The van der Waals surface area contributed by atoms with Gasteiger partial charge in [-0.05, 0) is 30.9 Å². The van der Waals surface area contributed by atoms with Gasteiger partial charge in [0.1, 0.15) is 5.01 Å². The van der Waals surface area contributed by atoms with Crippen LogP contribution < -0.4 is 5.32 Å². The molecule has 1 amide bonds. The molecule has 1 fully saturated rings. The van der Waals surface area contributed by atoms with E-state index in [4.69, 9.17) is 11.6 Å². The number of nitrogens with zero attached hydrogens (tertiary/aromatic N) is 1. The van der Waals surface area contributed by atoms with E-state index in [2.05, 4.69) is 17.2 Å². The number of carbonyl (C=O) groups is 1. The third kappa shape index (κ3) is 3.27. The zero-order valence-corrected chi connectivity index (χ0v) is 13.4. The van der Waals surface area contributed by atoms with Crippen molar-refractivity contribution in [2.24, 2.45) is 5.92 Å². The van der Waals surface area contributed by atoms with E-state index < -0.39 is 0 Å². The van der Waals surface area contributed by atoms with Crippen molar-refractivity contribution in [3.05, 3.63) is 40.9 Å². The van der Waals surface area contributed by atoms with Crippen LogP contribution >= 0.6 is 22.9 Å². The fraction of sp³-hybridized carbons (Fsp3) is 0.375. The summed E-state index contributed by atoms with van der Waals surface area (Å²) in [6.45, 7) is 2.21. The van der Waals surface area contributed by atoms with Crippen LogP contribution in [-0.4, -0.2) is 16.9 Å². The Balaban J connectivity index is 1.74. The molecule has 0 aliphatic heterocycles. The highest BCUT2D eigenvalue weighted by Gasteiger charge is 2.26. The third-order valence-corrected chi connectivity index (χ3v) is 4.98. The molecule has 21 heavy (non-hydrogen) atoms. The van der Waals surface area contributed by atoms with Gasteiger partial charge in [-0.1, -0.05) is 19.1 Å². The topological polar surface area (TPSA) is 42.0 Å². The van der Waals surface area contributed by atoms with Crippen LogP contribution in [0.1, 0.15) is 35.8 Å². The lowest BCUT2D eigenvalue weighted by Gasteiger charge is -2.33. The van der Waals surface area contributed by atoms with Crippen molar-refractivity contribution in [3.8, 4) is 10.6 Å². The Morgan fingerprint density at radius 2 is 2.29 bits per heavy atom. The Morgan fingerprint density at radius 3 is 2.95 bits per heavy atom. The molecule has 0 radical (unpaired) electrons. The van der Waals surface area contributed by atoms with Gasteiger partial charge in [-0.2, -0.15) is 0 Å². The van der Waals surface area contributed by atoms with Crippen molar-refractivity contribution in [3.63, 3.8) is 0 Å². The van der Waals surface area contributed by atoms with E-state index in [-0.39, 0.29) is 5.91 Å². The SMILES string of the molecule is CC1CC(NC(=O)c2cccc(-c3nc(CCl)cs3)c2)C1. The summed E-state index contributed by atoms with van der Waals surface area (Å²) in [4.78, 5) is 16.7. The molecule has 1 aliphatic rings. The summed E-state index contributed by atoms with van der Waals surface area (Å²) < 4.78 is 0. The summed E-state index contributed by atoms with van der Waals surface area (Å²) >= 11 is 7.33. The highest BCUT2D eigenvalue weighted by Crippen LogP contribution is 2.27. The number of nitrogens with one attached hydrogen (secondary N) is 1. The van der Waals surface area contributed by atoms with Gasteiger partial charge in [0.2, 0.25) is 0 Å². The average Bonchev–Trinajstić information content (AvgIpc) is 2.94. The quantitative estimate of drug-likeness (QED) is 0.863. The predicted octanol–water partition coefficient (Wildman–Crippen LogP) is 4.08. The largest absolute Gasteiger partial charge is 0.349 e. The van der Waals surface area contributed by atoms with Gasteiger partial charge in [-0.15, -0.1) is 22.9 Å². The molecule has 2 aromatic rings. The molecule has 0 atom stereocenters. The van der Waals surface area contributed by atoms with E-state index in [1.54, 1.807) is 11.3 Å². The van der Waals surface area contributed by atoms with Crippen LogP contribution in [0.2, 0.25) is 0 Å². The van der Waals surface area contributed by atoms with Gasteiger partial charge in [0, 0.05) is 22.5 Å². The lowest BCUT2D eigenvalue weighted by atomic mass is 9.82. The number of aromatic nitrogens is 1. The van der Waals surface area contributed by atoms with Crippen LogP contribution in [0.25, 0.3) is 10.6 Å². The molecule has 0 bridgehead atoms. The lowest BCUT2D eigenvalue weighted by Crippen LogP contribution is -2.43. The first kappa shape index (κ1) is 14.5. The van der Waals surface area contributed by atoms with Crippen LogP contribution in [-0.2, 0) is 5.88 Å². The molecule has 110 valence electrons. The van der Waals surface area contributed by atoms with E-state index in [9.17, 15) is 4.79 Å². The number of halogens is 1. The maximum absolute atomic E-state index is 12.3. The molecule has 0 saturated heterocycles. The maximum Gasteiger partial charge on any atom is 0.251 e. The van der Waals surface area contributed by atoms with E-state index in [0.717, 1.165) is 35.0 Å². The molecule has 3 rings (SSSR count). The fourth-order valence-electron chi connectivity index (χ4n) is 2.58. The fourth-order valence-corrected chi connectivity index (χ4v) is 3.63. The smallest absolute Gasteiger partial charge is 0.251 e. The molecule has 0 spiro atoms. The first-order chi connectivity index (χ1) is 10.2. The van der Waals surface area contributed by atoms with Gasteiger partial charge in [0.25, 0.3) is 5.91 Å². The number of thiazole rings is 1. The second-order valence-electron chi connectivity index (χ2n) is 5.61. The molecule has 1 heterocycles. The lowest BCUT2D eigenvalue weighted by molar-refractivity contribution is 0.0896. The molecule has 1 aromatic heterocycles. The summed E-state index contributed by atoms with van der Waals surface area (Å²) in [5.74, 6) is 1.14. The van der Waals surface area contributed by atoms with Crippen molar-refractivity contribution in [1.82, 2.24) is 10.3 Å². The molecular weight excluding hydrogens is 304 g/mol. The second-order valence-corrected chi connectivity index (χ2v) is 6.73. The van der Waals surface area contributed by atoms with E-state index in [1.165, 1.54) is 0 Å². The summed E-state index contributed by atoms with van der Waals surface area (Å²) in [6.07, 6.45) is 2.16. The summed E-state index contributed by atoms with van der Waals surface area (Å²) in [6, 6.07) is 7.94. The molecule has 1 N–H and O–H groups in total. The van der Waals surface area contributed by atoms with Crippen molar-refractivity contribution in [2.75, 3.05) is 0 Å². The Kier molecular flexibility index (Phi) is 4.27. The van der Waals surface area contributed by atoms with Gasteiger partial charge in [0.15, 0.2) is 0 Å². The second kappa shape index (κ2) is 6.16. The zero-order valence-electron chi connectivity index (χ0n) is 11.8. The Morgan fingerprint density at radius 1 is 1.48 bits per heavy atom. The van der Waals surface area contributed by atoms with Crippen LogP contribution in [0, 0.1) is 5.92 Å². The highest BCUT2D eigenvalue weighted by atomic mass is 35.5. The van der Waals surface area contributed by atoms with E-state index >= 15 is 0 Å². The van der Waals surface area contributed by atoms with Gasteiger partial charge < -0.3 is 5.32 Å². The molecule has 0 unspecified atom stereocenters. The zero-order chi connectivity index (χ0) is 14.8. The Bertz CT molecular complexity index is 649. The standard InChI is InChI=1S/C16H17ClN2OS/c1-10-5-13(6-10)18-15(20)11-3-2-4-12(7-11)16-19-14(8-17)9-21-16/h2-4,7,9-10,13H,5-6,8H2,1H3,(H,18,20). The number of carbonyl (C=O) groups excluding carboxylic acids is 1. The van der Waals surface area contributed by atoms with E-state index in [1.807, 2.05) is 29.6 Å². The van der Waals surface area contributed by atoms with Crippen LogP contribution in [0.4, 0.5) is 0 Å². The highest BCUT2D eigenvalue weighted by molar-refractivity contribution is 7.13. The van der Waals surface area contributed by atoms with Crippen molar-refractivity contribution in [1.29, 1.82) is 0 Å². The predicted molar refractivity (Wildman–Crippen MR) is 86.8 cm³/mol. The minimum atomic E-state index is 0.00266. The number of alkyl halides is 1. The Hall–Kier alpha value is -1.39. The van der Waals surface area contributed by atoms with Gasteiger partial charge in [0.05, 0.1) is 11.6 Å². The van der Waals surface area contributed by atoms with Crippen LogP contribution in [0.15, 0.2) is 29.6 Å². The van der Waals surface area contributed by atoms with E-state index in [0.29, 0.717) is 17.5 Å². The van der Waals surface area contributed by atoms with Gasteiger partial charge in [-0.25, -0.2) is 4.98 Å². The summed E-state index contributed by atoms with van der Waals surface area (Å²) in [5, 5.41) is 5.93. The number of rotatable bonds is 4. The first-order valence-electron chi connectivity index (χ1n) is 7.07. The Labute approximate surface area is 133 Å². The number of hydrogen-bond donors (Lipinski definition) is 1. The van der Waals surface area contributed by atoms with Gasteiger partial charge >= 0.3 is 0 Å². The van der Waals surface area contributed by atoms with Crippen molar-refractivity contribution < 1.29 is 4.79 Å². The van der Waals surface area contributed by atoms with Crippen LogP contribution in [0.5, 0.6) is 0 Å². The monoisotopic (exact) mass is 320 g/mol. The third-order valence-electron chi connectivity index (χ3n) is 3.77. The molecule has 1 aromatic carbocycles. The minimum absolute atomic E-state index is 0.00266. The molecule has 5 heteroatoms. The minimum Gasteiger partial charge on any atom is -0.349 e. The maximum atomic E-state index is 12.3. The molecule has 1 saturated carbocycles. The number of amides is 1. The van der Waals surface area contributed by atoms with Crippen LogP contribution in [0.3, 0.4) is 0 Å². The van der Waals surface area contributed by atoms with Crippen molar-refractivity contribution in [2.45, 2.75) is 31.7 Å². The molecule has 1 aliphatic carbocycles. The van der Waals surface area contributed by atoms with Gasteiger partial charge in [-0.3, -0.25) is 4.79 Å². The normalized spacial score (nSPS) is 20.9. The summed E-state index contributed by atoms with van der Waals surface area (Å²) in [5.41, 5.74) is 2.52. The van der Waals surface area contributed by atoms with Crippen molar-refractivity contribution >= 4 is 28.8 Å².